The predicted molar refractivity (Wildman–Crippen MR) is 129 cm³/mol. The van der Waals surface area contributed by atoms with Crippen LogP contribution in [0.5, 0.6) is 11.5 Å². The molecular formula is C25H25N3O4S. The molecular weight excluding hydrogens is 438 g/mol. The van der Waals surface area contributed by atoms with Gasteiger partial charge in [-0.25, -0.2) is 4.98 Å². The Kier molecular flexibility index (Phi) is 6.84. The molecule has 4 rings (SSSR count). The van der Waals surface area contributed by atoms with Crippen LogP contribution < -0.4 is 20.3 Å². The molecule has 0 saturated heterocycles. The van der Waals surface area contributed by atoms with E-state index >= 15 is 0 Å². The van der Waals surface area contributed by atoms with Crippen molar-refractivity contribution < 1.29 is 14.3 Å². The SMILES string of the molecule is C=CCOc1ccc(C2CC(=O)Nc3nc(SCc4cccc(C)c4)[nH]c(=O)c32)cc1OC. The molecule has 0 radical (unpaired) electrons. The maximum Gasteiger partial charge on any atom is 0.257 e. The fourth-order valence-corrected chi connectivity index (χ4v) is 4.63. The maximum atomic E-state index is 13.1. The average molecular weight is 464 g/mol. The van der Waals surface area contributed by atoms with Crippen LogP contribution in [-0.4, -0.2) is 29.6 Å². The molecule has 0 fully saturated rings. The Morgan fingerprint density at radius 2 is 2.06 bits per heavy atom. The van der Waals surface area contributed by atoms with Gasteiger partial charge in [0.1, 0.15) is 12.4 Å². The quantitative estimate of drug-likeness (QED) is 0.292. The predicted octanol–water partition coefficient (Wildman–Crippen LogP) is 4.42. The third kappa shape index (κ3) is 5.12. The van der Waals surface area contributed by atoms with Gasteiger partial charge in [0.15, 0.2) is 16.7 Å². The van der Waals surface area contributed by atoms with Crippen LogP contribution in [0.2, 0.25) is 0 Å². The highest BCUT2D eigenvalue weighted by Crippen LogP contribution is 2.38. The van der Waals surface area contributed by atoms with Crippen molar-refractivity contribution in [3.63, 3.8) is 0 Å². The van der Waals surface area contributed by atoms with E-state index in [0.29, 0.717) is 40.4 Å². The van der Waals surface area contributed by atoms with Gasteiger partial charge in [-0.2, -0.15) is 0 Å². The third-order valence-corrected chi connectivity index (χ3v) is 6.28. The van der Waals surface area contributed by atoms with Crippen molar-refractivity contribution >= 4 is 23.5 Å². The second-order valence-electron chi connectivity index (χ2n) is 7.73. The van der Waals surface area contributed by atoms with E-state index in [0.717, 1.165) is 11.1 Å². The van der Waals surface area contributed by atoms with Crippen molar-refractivity contribution in [2.24, 2.45) is 0 Å². The molecule has 1 amide bonds. The lowest BCUT2D eigenvalue weighted by atomic mass is 9.86. The molecule has 3 aromatic rings. The normalized spacial score (nSPS) is 14.8. The Bertz CT molecular complexity index is 1250. The summed E-state index contributed by atoms with van der Waals surface area (Å²) in [5.41, 5.74) is 3.26. The first-order chi connectivity index (χ1) is 16.0. The number of amides is 1. The van der Waals surface area contributed by atoms with Gasteiger partial charge in [-0.05, 0) is 30.2 Å². The zero-order valence-electron chi connectivity index (χ0n) is 18.5. The number of aromatic amines is 1. The van der Waals surface area contributed by atoms with Crippen molar-refractivity contribution in [3.8, 4) is 11.5 Å². The number of thioether (sulfide) groups is 1. The Morgan fingerprint density at radius 1 is 1.21 bits per heavy atom. The third-order valence-electron chi connectivity index (χ3n) is 5.33. The lowest BCUT2D eigenvalue weighted by molar-refractivity contribution is -0.116. The summed E-state index contributed by atoms with van der Waals surface area (Å²) >= 11 is 1.42. The molecule has 0 aliphatic carbocycles. The Balaban J connectivity index is 1.64. The van der Waals surface area contributed by atoms with Crippen molar-refractivity contribution in [1.29, 1.82) is 0 Å². The second-order valence-corrected chi connectivity index (χ2v) is 8.69. The number of aromatic nitrogens is 2. The summed E-state index contributed by atoms with van der Waals surface area (Å²) in [6.45, 7) is 6.03. The van der Waals surface area contributed by atoms with Crippen LogP contribution in [0.15, 0.2) is 65.1 Å². The number of fused-ring (bicyclic) bond motifs is 1. The maximum absolute atomic E-state index is 13.1. The van der Waals surface area contributed by atoms with Gasteiger partial charge >= 0.3 is 0 Å². The first-order valence-corrected chi connectivity index (χ1v) is 11.5. The molecule has 1 unspecified atom stereocenters. The summed E-state index contributed by atoms with van der Waals surface area (Å²) < 4.78 is 11.1. The first kappa shape index (κ1) is 22.7. The molecule has 0 saturated carbocycles. The summed E-state index contributed by atoms with van der Waals surface area (Å²) in [5, 5.41) is 3.23. The van der Waals surface area contributed by atoms with Gasteiger partial charge in [-0.1, -0.05) is 60.3 Å². The smallest absolute Gasteiger partial charge is 0.257 e. The number of methoxy groups -OCH3 is 1. The van der Waals surface area contributed by atoms with Gasteiger partial charge in [-0.3, -0.25) is 9.59 Å². The highest BCUT2D eigenvalue weighted by Gasteiger charge is 2.31. The Labute approximate surface area is 196 Å². The molecule has 2 aromatic carbocycles. The number of nitrogens with zero attached hydrogens (tertiary/aromatic N) is 1. The summed E-state index contributed by atoms with van der Waals surface area (Å²) in [6, 6.07) is 13.6. The highest BCUT2D eigenvalue weighted by molar-refractivity contribution is 7.98. The van der Waals surface area contributed by atoms with Gasteiger partial charge in [0, 0.05) is 18.1 Å². The van der Waals surface area contributed by atoms with Crippen LogP contribution >= 0.6 is 11.8 Å². The topological polar surface area (TPSA) is 93.3 Å². The van der Waals surface area contributed by atoms with Crippen LogP contribution in [0, 0.1) is 6.92 Å². The van der Waals surface area contributed by atoms with Crippen LogP contribution in [-0.2, 0) is 10.5 Å². The minimum absolute atomic E-state index is 0.142. The van der Waals surface area contributed by atoms with Gasteiger partial charge in [-0.15, -0.1) is 0 Å². The van der Waals surface area contributed by atoms with E-state index in [1.165, 1.54) is 17.3 Å². The van der Waals surface area contributed by atoms with Crippen LogP contribution in [0.3, 0.4) is 0 Å². The second kappa shape index (κ2) is 9.95. The van der Waals surface area contributed by atoms with Gasteiger partial charge in [0.25, 0.3) is 5.56 Å². The summed E-state index contributed by atoms with van der Waals surface area (Å²) in [6.07, 6.45) is 1.79. The largest absolute Gasteiger partial charge is 0.493 e. The monoisotopic (exact) mass is 463 g/mol. The number of rotatable bonds is 8. The van der Waals surface area contributed by atoms with Crippen LogP contribution in [0.25, 0.3) is 0 Å². The molecule has 2 heterocycles. The zero-order chi connectivity index (χ0) is 23.4. The van der Waals surface area contributed by atoms with Gasteiger partial charge in [0.05, 0.1) is 12.7 Å². The Hall–Kier alpha value is -3.52. The van der Waals surface area contributed by atoms with Crippen LogP contribution in [0.4, 0.5) is 5.82 Å². The summed E-state index contributed by atoms with van der Waals surface area (Å²) in [5.74, 6) is 1.42. The van der Waals surface area contributed by atoms with Gasteiger partial charge in [0.2, 0.25) is 5.91 Å². The number of aryl methyl sites for hydroxylation is 1. The lowest BCUT2D eigenvalue weighted by Gasteiger charge is -2.25. The van der Waals surface area contributed by atoms with Crippen molar-refractivity contribution in [1.82, 2.24) is 9.97 Å². The fraction of sp³-hybridized carbons (Fsp3) is 0.240. The van der Waals surface area contributed by atoms with E-state index in [1.54, 1.807) is 25.3 Å². The van der Waals surface area contributed by atoms with E-state index in [-0.39, 0.29) is 17.9 Å². The lowest BCUT2D eigenvalue weighted by Crippen LogP contribution is -2.31. The fourth-order valence-electron chi connectivity index (χ4n) is 3.83. The van der Waals surface area contributed by atoms with E-state index in [4.69, 9.17) is 9.47 Å². The van der Waals surface area contributed by atoms with E-state index in [9.17, 15) is 9.59 Å². The molecule has 1 aliphatic heterocycles. The molecule has 1 aromatic heterocycles. The number of ether oxygens (including phenoxy) is 2. The number of carbonyl (C=O) groups excluding carboxylic acids is 1. The highest BCUT2D eigenvalue weighted by atomic mass is 32.2. The molecule has 7 nitrogen and oxygen atoms in total. The molecule has 170 valence electrons. The number of carbonyl (C=O) groups is 1. The summed E-state index contributed by atoms with van der Waals surface area (Å²) in [7, 11) is 1.55. The average Bonchev–Trinajstić information content (AvgIpc) is 2.80. The number of hydrogen-bond acceptors (Lipinski definition) is 6. The van der Waals surface area contributed by atoms with Crippen molar-refractivity contribution in [3.05, 3.63) is 87.7 Å². The standard InChI is InChI=1S/C25H25N3O4S/c1-4-10-32-19-9-8-17(12-20(19)31-3)18-13-21(29)26-23-22(18)24(30)28-25(27-23)33-14-16-7-5-6-15(2)11-16/h4-9,11-12,18H,1,10,13-14H2,2-3H3,(H2,26,27,28,29,30). The first-order valence-electron chi connectivity index (χ1n) is 10.5. The van der Waals surface area contributed by atoms with E-state index in [2.05, 4.69) is 27.9 Å². The number of H-pyrrole nitrogens is 1. The number of anilines is 1. The molecule has 0 spiro atoms. The molecule has 2 N–H and O–H groups in total. The Morgan fingerprint density at radius 3 is 2.82 bits per heavy atom. The van der Waals surface area contributed by atoms with Crippen molar-refractivity contribution in [2.45, 2.75) is 30.2 Å². The minimum Gasteiger partial charge on any atom is -0.493 e. The number of benzene rings is 2. The van der Waals surface area contributed by atoms with Crippen molar-refractivity contribution in [2.75, 3.05) is 19.0 Å². The molecule has 8 heteroatoms. The van der Waals surface area contributed by atoms with E-state index in [1.807, 2.05) is 31.2 Å². The van der Waals surface area contributed by atoms with Gasteiger partial charge < -0.3 is 19.8 Å². The molecule has 0 bridgehead atoms. The molecule has 1 aliphatic rings. The minimum atomic E-state index is -0.442. The number of hydrogen-bond donors (Lipinski definition) is 2. The molecule has 1 atom stereocenters. The zero-order valence-corrected chi connectivity index (χ0v) is 19.3. The molecule has 33 heavy (non-hydrogen) atoms. The summed E-state index contributed by atoms with van der Waals surface area (Å²) in [4.78, 5) is 33.0. The van der Waals surface area contributed by atoms with Crippen LogP contribution in [0.1, 0.15) is 34.6 Å². The number of nitrogens with one attached hydrogen (secondary N) is 2. The van der Waals surface area contributed by atoms with E-state index < -0.39 is 5.92 Å².